The van der Waals surface area contributed by atoms with Gasteiger partial charge in [-0.2, -0.15) is 4.98 Å². The second kappa shape index (κ2) is 7.39. The second-order valence-corrected chi connectivity index (χ2v) is 5.88. The first-order valence-electron chi connectivity index (χ1n) is 7.99. The lowest BCUT2D eigenvalue weighted by Gasteiger charge is -2.15. The molecule has 0 unspecified atom stereocenters. The Balaban J connectivity index is 1.95. The fourth-order valence-corrected chi connectivity index (χ4v) is 2.28. The first kappa shape index (κ1) is 17.7. The van der Waals surface area contributed by atoms with Crippen molar-refractivity contribution in [3.63, 3.8) is 0 Å². The summed E-state index contributed by atoms with van der Waals surface area (Å²) in [5, 5.41) is 0. The third-order valence-corrected chi connectivity index (χ3v) is 3.74. The SMILES string of the molecule is Cc1c(F)c(Oc2ccccc2)nc(Oc2cccc(N(C)C)c2)c1F. The fourth-order valence-electron chi connectivity index (χ4n) is 2.28. The van der Waals surface area contributed by atoms with Crippen molar-refractivity contribution < 1.29 is 18.3 Å². The van der Waals surface area contributed by atoms with Crippen LogP contribution in [-0.4, -0.2) is 19.1 Å². The van der Waals surface area contributed by atoms with Gasteiger partial charge in [0.2, 0.25) is 0 Å². The van der Waals surface area contributed by atoms with Crippen molar-refractivity contribution in [3.8, 4) is 23.3 Å². The molecule has 4 nitrogen and oxygen atoms in total. The van der Waals surface area contributed by atoms with Crippen LogP contribution in [0.4, 0.5) is 14.5 Å². The van der Waals surface area contributed by atoms with Crippen molar-refractivity contribution in [2.75, 3.05) is 19.0 Å². The van der Waals surface area contributed by atoms with Crippen LogP contribution in [0.25, 0.3) is 0 Å². The minimum absolute atomic E-state index is 0.218. The molecule has 1 heterocycles. The quantitative estimate of drug-likeness (QED) is 0.620. The van der Waals surface area contributed by atoms with E-state index in [1.54, 1.807) is 48.5 Å². The average molecular weight is 356 g/mol. The fraction of sp³-hybridized carbons (Fsp3) is 0.150. The Morgan fingerprint density at radius 1 is 0.808 bits per heavy atom. The minimum Gasteiger partial charge on any atom is -0.436 e. The van der Waals surface area contributed by atoms with Crippen molar-refractivity contribution in [1.82, 2.24) is 4.98 Å². The zero-order chi connectivity index (χ0) is 18.7. The number of hydrogen-bond acceptors (Lipinski definition) is 4. The number of ether oxygens (including phenoxy) is 2. The molecule has 26 heavy (non-hydrogen) atoms. The third kappa shape index (κ3) is 3.74. The number of para-hydroxylation sites is 1. The molecule has 0 aliphatic heterocycles. The van der Waals surface area contributed by atoms with Gasteiger partial charge in [-0.05, 0) is 31.2 Å². The van der Waals surface area contributed by atoms with Crippen LogP contribution < -0.4 is 14.4 Å². The Morgan fingerprint density at radius 3 is 2.00 bits per heavy atom. The van der Waals surface area contributed by atoms with Gasteiger partial charge in [0, 0.05) is 31.4 Å². The van der Waals surface area contributed by atoms with Gasteiger partial charge in [-0.1, -0.05) is 24.3 Å². The van der Waals surface area contributed by atoms with Crippen LogP contribution >= 0.6 is 0 Å². The molecule has 2 aromatic carbocycles. The summed E-state index contributed by atoms with van der Waals surface area (Å²) in [6, 6.07) is 15.7. The summed E-state index contributed by atoms with van der Waals surface area (Å²) in [5.74, 6) is -1.62. The maximum atomic E-state index is 14.4. The molecule has 0 saturated carbocycles. The number of nitrogens with zero attached hydrogens (tertiary/aromatic N) is 2. The molecule has 0 amide bonds. The number of aromatic nitrogens is 1. The van der Waals surface area contributed by atoms with Gasteiger partial charge < -0.3 is 14.4 Å². The van der Waals surface area contributed by atoms with Crippen molar-refractivity contribution in [1.29, 1.82) is 0 Å². The largest absolute Gasteiger partial charge is 0.436 e. The van der Waals surface area contributed by atoms with Crippen molar-refractivity contribution in [2.24, 2.45) is 0 Å². The van der Waals surface area contributed by atoms with Gasteiger partial charge in [-0.15, -0.1) is 0 Å². The van der Waals surface area contributed by atoms with Gasteiger partial charge in [0.15, 0.2) is 11.6 Å². The van der Waals surface area contributed by atoms with Crippen LogP contribution in [0.5, 0.6) is 23.3 Å². The minimum atomic E-state index is -0.863. The van der Waals surface area contributed by atoms with E-state index in [0.717, 1.165) is 5.69 Å². The zero-order valence-corrected chi connectivity index (χ0v) is 14.7. The van der Waals surface area contributed by atoms with E-state index in [4.69, 9.17) is 9.47 Å². The monoisotopic (exact) mass is 356 g/mol. The van der Waals surface area contributed by atoms with E-state index in [2.05, 4.69) is 4.98 Å². The lowest BCUT2D eigenvalue weighted by atomic mass is 10.2. The molecular formula is C20H18F2N2O2. The average Bonchev–Trinajstić information content (AvgIpc) is 2.65. The molecule has 0 atom stereocenters. The van der Waals surface area contributed by atoms with E-state index in [0.29, 0.717) is 11.5 Å². The molecule has 6 heteroatoms. The summed E-state index contributed by atoms with van der Waals surface area (Å²) in [6.45, 7) is 1.31. The molecule has 0 aliphatic carbocycles. The van der Waals surface area contributed by atoms with Crippen molar-refractivity contribution in [2.45, 2.75) is 6.92 Å². The van der Waals surface area contributed by atoms with E-state index >= 15 is 0 Å². The highest BCUT2D eigenvalue weighted by Crippen LogP contribution is 2.33. The highest BCUT2D eigenvalue weighted by Gasteiger charge is 2.20. The summed E-state index contributed by atoms with van der Waals surface area (Å²) in [6.07, 6.45) is 0. The third-order valence-electron chi connectivity index (χ3n) is 3.74. The molecule has 0 saturated heterocycles. The lowest BCUT2D eigenvalue weighted by Crippen LogP contribution is -2.08. The standard InChI is InChI=1S/C20H18F2N2O2/c1-13-17(21)19(25-15-9-5-4-6-10-15)23-20(18(13)22)26-16-11-7-8-14(12-16)24(2)3/h4-12H,1-3H3. The van der Waals surface area contributed by atoms with Crippen LogP contribution in [-0.2, 0) is 0 Å². The summed E-state index contributed by atoms with van der Waals surface area (Å²) in [5.41, 5.74) is 0.659. The molecule has 0 bridgehead atoms. The molecule has 0 aliphatic rings. The summed E-state index contributed by atoms with van der Waals surface area (Å²) >= 11 is 0. The Hall–Kier alpha value is -3.15. The summed E-state index contributed by atoms with van der Waals surface area (Å²) in [4.78, 5) is 5.78. The van der Waals surface area contributed by atoms with E-state index in [9.17, 15) is 8.78 Å². The molecule has 0 radical (unpaired) electrons. The number of halogens is 2. The van der Waals surface area contributed by atoms with Gasteiger partial charge in [-0.3, -0.25) is 0 Å². The van der Waals surface area contributed by atoms with Gasteiger partial charge in [0.05, 0.1) is 0 Å². The normalized spacial score (nSPS) is 10.5. The van der Waals surface area contributed by atoms with Crippen LogP contribution in [0.3, 0.4) is 0 Å². The number of hydrogen-bond donors (Lipinski definition) is 0. The van der Waals surface area contributed by atoms with E-state index in [-0.39, 0.29) is 17.3 Å². The highest BCUT2D eigenvalue weighted by atomic mass is 19.1. The van der Waals surface area contributed by atoms with Crippen molar-refractivity contribution in [3.05, 3.63) is 71.8 Å². The number of benzene rings is 2. The van der Waals surface area contributed by atoms with Gasteiger partial charge in [-0.25, -0.2) is 8.78 Å². The Kier molecular flexibility index (Phi) is 5.02. The van der Waals surface area contributed by atoms with Crippen LogP contribution in [0.1, 0.15) is 5.56 Å². The molecule has 0 fully saturated rings. The van der Waals surface area contributed by atoms with Crippen LogP contribution in [0, 0.1) is 18.6 Å². The molecule has 3 rings (SSSR count). The molecule has 0 N–H and O–H groups in total. The molecular weight excluding hydrogens is 338 g/mol. The van der Waals surface area contributed by atoms with E-state index in [1.807, 2.05) is 25.1 Å². The summed E-state index contributed by atoms with van der Waals surface area (Å²) < 4.78 is 39.8. The van der Waals surface area contributed by atoms with Gasteiger partial charge in [0.1, 0.15) is 11.5 Å². The highest BCUT2D eigenvalue weighted by molar-refractivity contribution is 5.50. The predicted octanol–water partition coefficient (Wildman–Crippen LogP) is 5.32. The maximum Gasteiger partial charge on any atom is 0.259 e. The first-order chi connectivity index (χ1) is 12.5. The Labute approximate surface area is 150 Å². The van der Waals surface area contributed by atoms with Gasteiger partial charge in [0.25, 0.3) is 11.8 Å². The molecule has 3 aromatic rings. The number of rotatable bonds is 5. The van der Waals surface area contributed by atoms with Crippen molar-refractivity contribution >= 4 is 5.69 Å². The Morgan fingerprint density at radius 2 is 1.38 bits per heavy atom. The molecule has 1 aromatic heterocycles. The van der Waals surface area contributed by atoms with E-state index in [1.165, 1.54) is 6.92 Å². The zero-order valence-electron chi connectivity index (χ0n) is 14.7. The number of pyridine rings is 1. The van der Waals surface area contributed by atoms with Crippen LogP contribution in [0.15, 0.2) is 54.6 Å². The number of anilines is 1. The topological polar surface area (TPSA) is 34.6 Å². The second-order valence-electron chi connectivity index (χ2n) is 5.88. The first-order valence-corrected chi connectivity index (χ1v) is 7.99. The van der Waals surface area contributed by atoms with Crippen LogP contribution in [0.2, 0.25) is 0 Å². The molecule has 134 valence electrons. The van der Waals surface area contributed by atoms with E-state index < -0.39 is 11.6 Å². The summed E-state index contributed by atoms with van der Waals surface area (Å²) in [7, 11) is 3.76. The lowest BCUT2D eigenvalue weighted by molar-refractivity contribution is 0.373. The maximum absolute atomic E-state index is 14.4. The van der Waals surface area contributed by atoms with Gasteiger partial charge >= 0.3 is 0 Å². The smallest absolute Gasteiger partial charge is 0.259 e. The molecule has 0 spiro atoms. The Bertz CT molecular complexity index is 915. The predicted molar refractivity (Wildman–Crippen MR) is 96.2 cm³/mol.